The Morgan fingerprint density at radius 1 is 0.884 bits per heavy atom. The highest BCUT2D eigenvalue weighted by Gasteiger charge is 2.48. The second-order valence-electron chi connectivity index (χ2n) is 26.7. The number of amides is 2. The number of phosphoric ester groups is 1. The van der Waals surface area contributed by atoms with Crippen molar-refractivity contribution in [2.45, 2.75) is 124 Å². The number of aliphatic hydroxyl groups is 1. The topological polar surface area (TPSA) is 559 Å². The SMILES string of the molecule is CSSC(C)c1ccccc1C(=O)OC1C[C@H](n2cc(C#CCNC(=O)COCCOC(COc3cccc(C(=O)NCCNC(O)c4ccc(C5=c6cc7c(c(S(=O)(=O)O)c6Oc6c5cc5c(c6S(=O)(=O)O)NC(C)C5(C)C)=NC(C)C7(C)C)cc4)c3)N=[N+]=[N-])c(=O)[nH]c2=O)O[C@@H]1COP(=O)(O)OP(=O)(O)OP(=O)(O)O. The molecule has 1 fully saturated rings. The van der Waals surface area contributed by atoms with E-state index in [2.05, 4.69) is 61.7 Å². The minimum absolute atomic E-state index is 0.0146. The number of aromatic amines is 1. The van der Waals surface area contributed by atoms with Gasteiger partial charge in [-0.1, -0.05) is 115 Å². The fourth-order valence-corrected chi connectivity index (χ4v) is 18.9. The van der Waals surface area contributed by atoms with E-state index in [1.807, 2.05) is 47.8 Å². The lowest BCUT2D eigenvalue weighted by Gasteiger charge is -2.29. The largest absolute Gasteiger partial charge is 0.491 e. The van der Waals surface area contributed by atoms with E-state index in [0.29, 0.717) is 33.4 Å². The number of aliphatic hydroxyl groups excluding tert-OH is 1. The lowest BCUT2D eigenvalue weighted by molar-refractivity contribution is -0.126. The minimum Gasteiger partial charge on any atom is -0.491 e. The Morgan fingerprint density at radius 2 is 1.60 bits per heavy atom. The average molecular weight is 1690 g/mol. The first-order valence-electron chi connectivity index (χ1n) is 33.7. The van der Waals surface area contributed by atoms with Gasteiger partial charge < -0.3 is 69.1 Å². The van der Waals surface area contributed by atoms with Crippen molar-refractivity contribution in [1.82, 2.24) is 25.5 Å². The van der Waals surface area contributed by atoms with E-state index in [9.17, 15) is 84.0 Å². The van der Waals surface area contributed by atoms with Crippen LogP contribution in [0, 0.1) is 11.8 Å². The molecule has 1 saturated heterocycles. The molecular weight excluding hydrogens is 1610 g/mol. The molecule has 602 valence electrons. The monoisotopic (exact) mass is 1690 g/mol. The van der Waals surface area contributed by atoms with Gasteiger partial charge in [-0.3, -0.25) is 47.9 Å². The molecule has 12 N–H and O–H groups in total. The Kier molecular flexibility index (Phi) is 26.9. The summed E-state index contributed by atoms with van der Waals surface area (Å²) >= 11 is 0. The molecule has 45 heteroatoms. The van der Waals surface area contributed by atoms with E-state index in [-0.39, 0.29) is 101 Å². The highest BCUT2D eigenvalue weighted by Crippen LogP contribution is 2.66. The third kappa shape index (κ3) is 20.3. The van der Waals surface area contributed by atoms with Crippen LogP contribution in [0.15, 0.2) is 121 Å². The van der Waals surface area contributed by atoms with Crippen molar-refractivity contribution in [3.8, 4) is 29.1 Å². The summed E-state index contributed by atoms with van der Waals surface area (Å²) in [4.78, 5) is 112. The Morgan fingerprint density at radius 3 is 2.29 bits per heavy atom. The Balaban J connectivity index is 0.699. The first-order valence-corrected chi connectivity index (χ1v) is 43.8. The third-order valence-corrected chi connectivity index (χ3v) is 26.4. The number of anilines is 1. The molecule has 8 unspecified atom stereocenters. The number of esters is 1. The predicted octanol–water partition coefficient (Wildman–Crippen LogP) is 5.93. The molecule has 5 aromatic carbocycles. The van der Waals surface area contributed by atoms with Crippen LogP contribution < -0.4 is 52.6 Å². The van der Waals surface area contributed by atoms with Crippen LogP contribution >= 0.6 is 45.1 Å². The average Bonchev–Trinajstić information content (AvgIpc) is 1.36. The molecule has 0 bridgehead atoms. The Labute approximate surface area is 646 Å². The molecule has 0 aliphatic carbocycles. The fraction of sp³-hybridized carbons (Fsp3) is 0.403. The number of aromatic nitrogens is 2. The normalized spacial score (nSPS) is 19.8. The van der Waals surface area contributed by atoms with Crippen molar-refractivity contribution in [3.05, 3.63) is 183 Å². The van der Waals surface area contributed by atoms with Gasteiger partial charge in [0.05, 0.1) is 49.0 Å². The highest BCUT2D eigenvalue weighted by molar-refractivity contribution is 8.76. The lowest BCUT2D eigenvalue weighted by Crippen LogP contribution is -2.34. The quantitative estimate of drug-likeness (QED) is 0.00217. The van der Waals surface area contributed by atoms with E-state index in [0.717, 1.165) is 10.8 Å². The second-order valence-corrected chi connectivity index (χ2v) is 36.6. The van der Waals surface area contributed by atoms with Crippen LogP contribution in [0.5, 0.6) is 17.2 Å². The number of nitrogens with one attached hydrogen (secondary N) is 5. The molecule has 4 aliphatic heterocycles. The molecule has 0 saturated carbocycles. The summed E-state index contributed by atoms with van der Waals surface area (Å²) in [5, 5.41) is 26.1. The zero-order chi connectivity index (χ0) is 81.8. The van der Waals surface area contributed by atoms with Crippen molar-refractivity contribution < 1.29 is 120 Å². The number of carbonyl (C=O) groups is 3. The number of H-pyrrole nitrogens is 1. The molecule has 2 amide bonds. The van der Waals surface area contributed by atoms with Crippen LogP contribution in [0.25, 0.3) is 16.0 Å². The van der Waals surface area contributed by atoms with Crippen molar-refractivity contribution in [2.75, 3.05) is 64.2 Å². The van der Waals surface area contributed by atoms with Crippen molar-refractivity contribution >= 4 is 94.3 Å². The number of phosphoric acid groups is 3. The molecule has 10 atom stereocenters. The van der Waals surface area contributed by atoms with Crippen molar-refractivity contribution in [2.24, 2.45) is 10.1 Å². The number of nitrogens with zero attached hydrogens (tertiary/aromatic N) is 5. The van der Waals surface area contributed by atoms with Gasteiger partial charge in [0.2, 0.25) is 5.91 Å². The van der Waals surface area contributed by atoms with Crippen molar-refractivity contribution in [1.29, 1.82) is 0 Å². The molecule has 0 spiro atoms. The van der Waals surface area contributed by atoms with Gasteiger partial charge in [0.25, 0.3) is 31.7 Å². The van der Waals surface area contributed by atoms with Crippen LogP contribution in [0.3, 0.4) is 0 Å². The summed E-state index contributed by atoms with van der Waals surface area (Å²) in [5.74, 6) is 2.35. The number of rotatable bonds is 33. The van der Waals surface area contributed by atoms with E-state index in [1.54, 1.807) is 61.5 Å². The number of benzene rings is 5. The number of azide groups is 1. The molecule has 4 aliphatic rings. The number of hydrogen-bond donors (Lipinski definition) is 12. The summed E-state index contributed by atoms with van der Waals surface area (Å²) < 4.78 is 159. The number of hydrogen-bond acceptors (Lipinski definition) is 28. The van der Waals surface area contributed by atoms with E-state index < -0.39 is 156 Å². The molecule has 112 heavy (non-hydrogen) atoms. The second kappa shape index (κ2) is 34.9. The molecule has 5 heterocycles. The highest BCUT2D eigenvalue weighted by atomic mass is 33.1. The first kappa shape index (κ1) is 86.3. The zero-order valence-corrected chi connectivity index (χ0v) is 66.5. The van der Waals surface area contributed by atoms with Crippen LogP contribution in [-0.4, -0.2) is 167 Å². The Hall–Kier alpha value is -8.14. The van der Waals surface area contributed by atoms with Gasteiger partial charge in [0.15, 0.2) is 27.5 Å². The van der Waals surface area contributed by atoms with Crippen LogP contribution in [0.2, 0.25) is 0 Å². The minimum atomic E-state index is -5.94. The maximum Gasteiger partial charge on any atom is 0.490 e. The lowest BCUT2D eigenvalue weighted by atomic mass is 9.78. The van der Waals surface area contributed by atoms with E-state index in [4.69, 9.17) is 42.7 Å². The first-order chi connectivity index (χ1) is 52.5. The van der Waals surface area contributed by atoms with Crippen LogP contribution in [-0.2, 0) is 81.6 Å². The Bertz CT molecular complexity index is 5460. The smallest absolute Gasteiger partial charge is 0.490 e. The summed E-state index contributed by atoms with van der Waals surface area (Å²) in [6, 6.07) is 21.5. The van der Waals surface area contributed by atoms with E-state index in [1.165, 1.54) is 51.9 Å². The summed E-state index contributed by atoms with van der Waals surface area (Å²) in [7, 11) is -24.8. The summed E-state index contributed by atoms with van der Waals surface area (Å²) in [6.45, 7) is 10.4. The van der Waals surface area contributed by atoms with E-state index >= 15 is 0 Å². The third-order valence-electron chi connectivity index (χ3n) is 18.6. The molecule has 0 radical (unpaired) electrons. The summed E-state index contributed by atoms with van der Waals surface area (Å²) in [6.07, 6.45) is -4.55. The zero-order valence-electron chi connectivity index (χ0n) is 60.6. The predicted molar refractivity (Wildman–Crippen MR) is 402 cm³/mol. The number of fused-ring (bicyclic) bond motifs is 4. The van der Waals surface area contributed by atoms with Crippen LogP contribution in [0.1, 0.15) is 132 Å². The van der Waals surface area contributed by atoms with Gasteiger partial charge in [0, 0.05) is 74.7 Å². The fourth-order valence-electron chi connectivity index (χ4n) is 12.5. The van der Waals surface area contributed by atoms with Crippen molar-refractivity contribution in [3.63, 3.8) is 0 Å². The molecule has 10 rings (SSSR count). The number of carbonyl (C=O) groups excluding carboxylic acids is 3. The molecule has 6 aromatic rings. The van der Waals surface area contributed by atoms with Gasteiger partial charge in [-0.2, -0.15) is 25.5 Å². The standard InChI is InChI=1S/C67H77N10O28P3S4/c1-35(110-109-8)43-16-9-10-17-44(43)64(82)102-49-30-53(101-50(49)32-100-107(87,88)105-108(89,90)104-106(84,85)86)77-31-41(63(81)74-65(77)83)14-12-22-69-51(78)33-97-25-26-98-52(75-76-68)34-99-42-15-11-13-40(27-42)62(80)71-24-23-70-61(79)39-20-18-38(19-21-39)54-45-28-47-55(72-36(2)66(47,4)5)59(111(91,92)93)57(45)103-58-46(54)29-48-56(60(58)112(94,95)96)73-37(3)67(48,6)7/h9-11,13,15-21,27-29,31,35-37,49-50,52-53,61,70,72,79H,22-26,30,32-34H2,1-8H3,(H,69,78)(H,71,80)(H,87,88)(H,89,90)(H,74,81,83)(H2,84,85,86)(H,91,92,93)(H,94,95,96)/t35?,36?,37?,49?,50-,52?,53-,61?/m1/s1. The maximum atomic E-state index is 13.7. The van der Waals surface area contributed by atoms with Gasteiger partial charge in [-0.25, -0.2) is 23.3 Å². The number of ether oxygens (including phenoxy) is 6. The summed E-state index contributed by atoms with van der Waals surface area (Å²) in [5.41, 5.74) is 8.61. The maximum absolute atomic E-state index is 13.7. The van der Waals surface area contributed by atoms with Gasteiger partial charge in [-0.15, -0.1) is 0 Å². The van der Waals surface area contributed by atoms with Gasteiger partial charge in [-0.05, 0) is 96.8 Å². The van der Waals surface area contributed by atoms with Crippen LogP contribution in [0.4, 0.5) is 5.69 Å². The van der Waals surface area contributed by atoms with Gasteiger partial charge >= 0.3 is 35.1 Å². The van der Waals surface area contributed by atoms with Gasteiger partial charge in [0.1, 0.15) is 49.2 Å². The molecular formula is C67H77N10O28P3S4. The molecule has 38 nitrogen and oxygen atoms in total. The molecule has 1 aromatic heterocycles.